The molecule has 2 heterocycles. The van der Waals surface area contributed by atoms with E-state index in [0.29, 0.717) is 5.22 Å². The average Bonchev–Trinajstić information content (AvgIpc) is 2.58. The van der Waals surface area contributed by atoms with E-state index in [1.165, 1.54) is 11.8 Å². The lowest BCUT2D eigenvalue weighted by atomic mass is 10.4. The topological polar surface area (TPSA) is 51.0 Å². The van der Waals surface area contributed by atoms with E-state index >= 15 is 0 Å². The first kappa shape index (κ1) is 11.0. The van der Waals surface area contributed by atoms with Crippen LogP contribution in [0.2, 0.25) is 0 Å². The standard InChI is InChI=1S/C11H13N3OS/c1-7-8(2)15-11(14-7)16-9-4-5-13-10(6-9)12-3/h4-6H,1-3H3,(H,12,13). The second kappa shape index (κ2) is 4.57. The van der Waals surface area contributed by atoms with Crippen molar-refractivity contribution in [2.24, 2.45) is 0 Å². The van der Waals surface area contributed by atoms with Crippen molar-refractivity contribution >= 4 is 17.6 Å². The Morgan fingerprint density at radius 1 is 1.38 bits per heavy atom. The fourth-order valence-corrected chi connectivity index (χ4v) is 2.05. The summed E-state index contributed by atoms with van der Waals surface area (Å²) < 4.78 is 5.50. The van der Waals surface area contributed by atoms with Crippen LogP contribution in [0, 0.1) is 13.8 Å². The SMILES string of the molecule is CNc1cc(Sc2nc(C)c(C)o2)ccn1. The summed E-state index contributed by atoms with van der Waals surface area (Å²) in [6.07, 6.45) is 1.76. The van der Waals surface area contributed by atoms with E-state index in [4.69, 9.17) is 4.42 Å². The number of aryl methyl sites for hydroxylation is 2. The van der Waals surface area contributed by atoms with Crippen LogP contribution in [0.4, 0.5) is 5.82 Å². The van der Waals surface area contributed by atoms with Crippen molar-refractivity contribution in [1.29, 1.82) is 0 Å². The highest BCUT2D eigenvalue weighted by molar-refractivity contribution is 7.99. The van der Waals surface area contributed by atoms with Crippen LogP contribution in [0.15, 0.2) is 32.9 Å². The summed E-state index contributed by atoms with van der Waals surface area (Å²) in [6, 6.07) is 3.89. The lowest BCUT2D eigenvalue weighted by Crippen LogP contribution is -1.90. The van der Waals surface area contributed by atoms with Crippen LogP contribution < -0.4 is 5.32 Å². The summed E-state index contributed by atoms with van der Waals surface area (Å²) in [5.74, 6) is 1.70. The third-order valence-electron chi connectivity index (χ3n) is 2.20. The predicted molar refractivity (Wildman–Crippen MR) is 63.9 cm³/mol. The highest BCUT2D eigenvalue weighted by Gasteiger charge is 2.07. The molecular formula is C11H13N3OS. The van der Waals surface area contributed by atoms with Gasteiger partial charge in [-0.15, -0.1) is 0 Å². The minimum Gasteiger partial charge on any atom is -0.436 e. The number of pyridine rings is 1. The molecule has 84 valence electrons. The Kier molecular flexibility index (Phi) is 3.14. The number of anilines is 1. The molecule has 0 fully saturated rings. The summed E-state index contributed by atoms with van der Waals surface area (Å²) in [6.45, 7) is 3.85. The van der Waals surface area contributed by atoms with E-state index in [1.807, 2.05) is 33.0 Å². The lowest BCUT2D eigenvalue weighted by molar-refractivity contribution is 0.431. The maximum absolute atomic E-state index is 5.50. The van der Waals surface area contributed by atoms with Crippen LogP contribution in [-0.4, -0.2) is 17.0 Å². The van der Waals surface area contributed by atoms with Gasteiger partial charge in [-0.1, -0.05) is 0 Å². The molecule has 0 radical (unpaired) electrons. The van der Waals surface area contributed by atoms with Crippen molar-refractivity contribution < 1.29 is 4.42 Å². The third kappa shape index (κ3) is 2.36. The molecule has 0 atom stereocenters. The van der Waals surface area contributed by atoms with Crippen LogP contribution in [0.5, 0.6) is 0 Å². The zero-order valence-corrected chi connectivity index (χ0v) is 10.3. The van der Waals surface area contributed by atoms with E-state index in [2.05, 4.69) is 15.3 Å². The first-order chi connectivity index (χ1) is 7.69. The Labute approximate surface area is 98.5 Å². The maximum Gasteiger partial charge on any atom is 0.260 e. The van der Waals surface area contributed by atoms with Gasteiger partial charge in [-0.25, -0.2) is 9.97 Å². The van der Waals surface area contributed by atoms with Gasteiger partial charge >= 0.3 is 0 Å². The molecule has 2 aromatic heterocycles. The van der Waals surface area contributed by atoms with Crippen LogP contribution in [0.3, 0.4) is 0 Å². The number of nitrogens with zero attached hydrogens (tertiary/aromatic N) is 2. The fourth-order valence-electron chi connectivity index (χ4n) is 1.20. The molecule has 0 aliphatic carbocycles. The van der Waals surface area contributed by atoms with Crippen molar-refractivity contribution in [2.75, 3.05) is 12.4 Å². The highest BCUT2D eigenvalue weighted by atomic mass is 32.2. The fraction of sp³-hybridized carbons (Fsp3) is 0.273. The molecule has 0 saturated heterocycles. The number of aromatic nitrogens is 2. The molecule has 0 aromatic carbocycles. The molecular weight excluding hydrogens is 222 g/mol. The third-order valence-corrected chi connectivity index (χ3v) is 3.04. The first-order valence-corrected chi connectivity index (χ1v) is 5.76. The molecule has 5 heteroatoms. The molecule has 16 heavy (non-hydrogen) atoms. The Morgan fingerprint density at radius 2 is 2.19 bits per heavy atom. The second-order valence-corrected chi connectivity index (χ2v) is 4.37. The van der Waals surface area contributed by atoms with Crippen LogP contribution >= 0.6 is 11.8 Å². The largest absolute Gasteiger partial charge is 0.436 e. The molecule has 1 N–H and O–H groups in total. The van der Waals surface area contributed by atoms with Gasteiger partial charge in [-0.2, -0.15) is 0 Å². The Morgan fingerprint density at radius 3 is 2.81 bits per heavy atom. The van der Waals surface area contributed by atoms with E-state index in [9.17, 15) is 0 Å². The molecule has 0 unspecified atom stereocenters. The molecule has 0 saturated carbocycles. The van der Waals surface area contributed by atoms with Gasteiger partial charge in [0.2, 0.25) is 0 Å². The molecule has 0 amide bonds. The molecule has 0 bridgehead atoms. The first-order valence-electron chi connectivity index (χ1n) is 4.94. The number of rotatable bonds is 3. The van der Waals surface area contributed by atoms with E-state index < -0.39 is 0 Å². The van der Waals surface area contributed by atoms with Gasteiger partial charge in [0.1, 0.15) is 11.6 Å². The Bertz CT molecular complexity index is 476. The Hall–Kier alpha value is -1.49. The molecule has 0 aliphatic rings. The van der Waals surface area contributed by atoms with Gasteiger partial charge in [0.25, 0.3) is 5.22 Å². The van der Waals surface area contributed by atoms with Crippen molar-refractivity contribution in [2.45, 2.75) is 24.0 Å². The van der Waals surface area contributed by atoms with Gasteiger partial charge in [0.15, 0.2) is 0 Å². The summed E-state index contributed by atoms with van der Waals surface area (Å²) in [4.78, 5) is 9.52. The lowest BCUT2D eigenvalue weighted by Gasteiger charge is -2.00. The normalized spacial score (nSPS) is 10.4. The summed E-state index contributed by atoms with van der Waals surface area (Å²) in [7, 11) is 1.84. The summed E-state index contributed by atoms with van der Waals surface area (Å²) in [5, 5.41) is 3.66. The van der Waals surface area contributed by atoms with Gasteiger partial charge in [0, 0.05) is 18.1 Å². The van der Waals surface area contributed by atoms with E-state index in [-0.39, 0.29) is 0 Å². The minimum atomic E-state index is 0.670. The molecule has 2 aromatic rings. The number of nitrogens with one attached hydrogen (secondary N) is 1. The molecule has 0 aliphatic heterocycles. The number of oxazole rings is 1. The monoisotopic (exact) mass is 235 g/mol. The van der Waals surface area contributed by atoms with Crippen LogP contribution in [-0.2, 0) is 0 Å². The van der Waals surface area contributed by atoms with Crippen molar-refractivity contribution in [3.8, 4) is 0 Å². The maximum atomic E-state index is 5.50. The summed E-state index contributed by atoms with van der Waals surface area (Å²) in [5.41, 5.74) is 0.936. The zero-order chi connectivity index (χ0) is 11.5. The Balaban J connectivity index is 2.20. The van der Waals surface area contributed by atoms with Gasteiger partial charge in [-0.05, 0) is 37.7 Å². The summed E-state index contributed by atoms with van der Waals surface area (Å²) >= 11 is 1.49. The number of hydrogen-bond donors (Lipinski definition) is 1. The minimum absolute atomic E-state index is 0.670. The van der Waals surface area contributed by atoms with Gasteiger partial charge in [-0.3, -0.25) is 0 Å². The van der Waals surface area contributed by atoms with Gasteiger partial charge < -0.3 is 9.73 Å². The van der Waals surface area contributed by atoms with Crippen molar-refractivity contribution in [3.05, 3.63) is 29.8 Å². The van der Waals surface area contributed by atoms with E-state index in [1.54, 1.807) is 6.20 Å². The van der Waals surface area contributed by atoms with Crippen molar-refractivity contribution in [1.82, 2.24) is 9.97 Å². The molecule has 2 rings (SSSR count). The predicted octanol–water partition coefficient (Wildman–Crippen LogP) is 2.88. The number of hydrogen-bond acceptors (Lipinski definition) is 5. The zero-order valence-electron chi connectivity index (χ0n) is 9.44. The second-order valence-electron chi connectivity index (χ2n) is 3.35. The van der Waals surface area contributed by atoms with Crippen LogP contribution in [0.1, 0.15) is 11.5 Å². The molecule has 4 nitrogen and oxygen atoms in total. The van der Waals surface area contributed by atoms with Gasteiger partial charge in [0.05, 0.1) is 5.69 Å². The van der Waals surface area contributed by atoms with Crippen LogP contribution in [0.25, 0.3) is 0 Å². The highest BCUT2D eigenvalue weighted by Crippen LogP contribution is 2.28. The molecule has 0 spiro atoms. The smallest absolute Gasteiger partial charge is 0.260 e. The average molecular weight is 235 g/mol. The van der Waals surface area contributed by atoms with E-state index in [0.717, 1.165) is 22.2 Å². The quantitative estimate of drug-likeness (QED) is 0.886. The van der Waals surface area contributed by atoms with Crippen molar-refractivity contribution in [3.63, 3.8) is 0 Å².